The Hall–Kier alpha value is 2.54. The van der Waals surface area contributed by atoms with Crippen molar-refractivity contribution in [2.45, 2.75) is 151 Å². The minimum absolute atomic E-state index is 0. The second-order valence-electron chi connectivity index (χ2n) is 10.0. The number of unbranched alkanes of at least 4 members (excludes halogenated alkanes) is 18. The van der Waals surface area contributed by atoms with Gasteiger partial charge in [-0.25, -0.2) is 0 Å². The van der Waals surface area contributed by atoms with E-state index >= 15 is 0 Å². The van der Waals surface area contributed by atoms with Crippen LogP contribution in [0.2, 0.25) is 8.76 Å². The van der Waals surface area contributed by atoms with E-state index in [0.717, 1.165) is 0 Å². The van der Waals surface area contributed by atoms with Gasteiger partial charge in [0, 0.05) is 0 Å². The van der Waals surface area contributed by atoms with Crippen LogP contribution >= 0.6 is 0 Å². The zero-order valence-corrected chi connectivity index (χ0v) is 27.7. The van der Waals surface area contributed by atoms with Crippen molar-refractivity contribution in [2.24, 2.45) is 0 Å². The first-order valence-electron chi connectivity index (χ1n) is 13.1. The summed E-state index contributed by atoms with van der Waals surface area (Å²) in [5.74, 6) is 0. The molecule has 0 nitrogen and oxygen atoms in total. The van der Waals surface area contributed by atoms with Crippen molar-refractivity contribution in [3.63, 3.8) is 0 Å². The van der Waals surface area contributed by atoms with Gasteiger partial charge in [-0.15, -0.1) is 0 Å². The summed E-state index contributed by atoms with van der Waals surface area (Å²) in [5.41, 5.74) is 0. The molecule has 0 rings (SSSR count). The smallest absolute Gasteiger partial charge is 1.00 e. The molecule has 0 heterocycles. The Labute approximate surface area is 231 Å². The summed E-state index contributed by atoms with van der Waals surface area (Å²) in [7, 11) is 0. The Kier molecular flexibility index (Phi) is 48.8. The van der Waals surface area contributed by atoms with E-state index in [1.165, 1.54) is 116 Å². The summed E-state index contributed by atoms with van der Waals surface area (Å²) in [6.45, 7) is 4.62. The van der Waals surface area contributed by atoms with E-state index < -0.39 is 33.4 Å². The molecule has 0 aromatic carbocycles. The summed E-state index contributed by atoms with van der Waals surface area (Å²) in [5, 5.41) is 0. The number of halogens is 4. The summed E-state index contributed by atoms with van der Waals surface area (Å²) in [4.78, 5) is 0. The van der Waals surface area contributed by atoms with Crippen molar-refractivity contribution in [1.29, 1.82) is 0 Å². The molecule has 0 aromatic heterocycles. The quantitative estimate of drug-likeness (QED) is 0.131. The molecule has 0 atom stereocenters. The molecule has 0 radical (unpaired) electrons. The van der Waals surface area contributed by atoms with Crippen molar-refractivity contribution >= 4 is 0 Å². The van der Waals surface area contributed by atoms with Crippen LogP contribution in [0.1, 0.15) is 142 Å². The van der Waals surface area contributed by atoms with E-state index in [0.29, 0.717) is 0 Å². The third-order valence-electron chi connectivity index (χ3n) is 6.41. The second kappa shape index (κ2) is 34.7. The van der Waals surface area contributed by atoms with E-state index in [2.05, 4.69) is 18.7 Å². The minimum atomic E-state index is -1.76. The van der Waals surface area contributed by atoms with Crippen LogP contribution < -0.4 is 49.6 Å². The minimum Gasteiger partial charge on any atom is -1.00 e. The fourth-order valence-electron chi connectivity index (χ4n) is 4.31. The predicted octanol–water partition coefficient (Wildman–Crippen LogP) is -1.07. The van der Waals surface area contributed by atoms with Crippen LogP contribution in [-0.2, 0) is 0 Å². The van der Waals surface area contributed by atoms with Gasteiger partial charge in [-0.1, -0.05) is 0 Å². The normalized spacial score (nSPS) is 10.5. The molecule has 0 aliphatic rings. The molecule has 5 heteroatoms. The Morgan fingerprint density at radius 1 is 0.323 bits per heavy atom. The van der Waals surface area contributed by atoms with Crippen LogP contribution in [0.15, 0.2) is 0 Å². The first kappa shape index (κ1) is 43.6. The van der Waals surface area contributed by atoms with E-state index in [1.54, 1.807) is 16.7 Å². The van der Waals surface area contributed by atoms with Crippen LogP contribution in [0.3, 0.4) is 0 Å². The molecule has 0 unspecified atom stereocenters. The van der Waals surface area contributed by atoms with Crippen molar-refractivity contribution in [3.05, 3.63) is 0 Å². The summed E-state index contributed by atoms with van der Waals surface area (Å²) >= 11 is -1.76. The monoisotopic (exact) mass is 648 g/mol. The molecule has 0 aromatic rings. The molecule has 0 spiro atoms. The van der Waals surface area contributed by atoms with Crippen LogP contribution in [0.4, 0.5) is 0 Å². The van der Waals surface area contributed by atoms with E-state index in [4.69, 9.17) is 0 Å². The molecular formula is C26H56CeCl4-4. The average Bonchev–Trinajstić information content (AvgIpc) is 2.64. The third kappa shape index (κ3) is 37.3. The number of hydrogen-bond acceptors (Lipinski definition) is 0. The molecule has 0 saturated carbocycles. The SMILES string of the molecule is CCCCCCCCCCC[CH2][Ce]([CH3])([CH3])[CH2]CCCCCCCCCCC.[Cl-].[Cl-].[Cl-].[Cl-]. The first-order valence-corrected chi connectivity index (χ1v) is 23.8. The predicted molar refractivity (Wildman–Crippen MR) is 125 cm³/mol. The van der Waals surface area contributed by atoms with Gasteiger partial charge in [0.2, 0.25) is 0 Å². The molecule has 0 aliphatic carbocycles. The molecule has 0 amide bonds. The van der Waals surface area contributed by atoms with E-state index in [-0.39, 0.29) is 49.6 Å². The number of rotatable bonds is 22. The van der Waals surface area contributed by atoms with Crippen molar-refractivity contribution in [1.82, 2.24) is 0 Å². The second-order valence-corrected chi connectivity index (χ2v) is 26.8. The molecular weight excluding hydrogens is 594 g/mol. The zero-order chi connectivity index (χ0) is 20.1. The van der Waals surface area contributed by atoms with Crippen molar-refractivity contribution < 1.29 is 83.0 Å². The Bertz CT molecular complexity index is 263. The van der Waals surface area contributed by atoms with Gasteiger partial charge in [0.25, 0.3) is 0 Å². The summed E-state index contributed by atoms with van der Waals surface area (Å²) < 4.78 is 8.80. The average molecular weight is 651 g/mol. The maximum atomic E-state index is 2.73. The Morgan fingerprint density at radius 3 is 0.742 bits per heavy atom. The standard InChI is InChI=1S/2C12H25.2CH3.Ce.4ClH/c2*1-3-5-7-9-11-12-10-8-6-4-2;;;;;;;/h2*1,3-12H2,2H3;2*1H3;;4*1H/p-4. The van der Waals surface area contributed by atoms with Gasteiger partial charge in [-0.05, 0) is 0 Å². The third-order valence-corrected chi connectivity index (χ3v) is 17.1. The molecule has 0 N–H and O–H groups in total. The van der Waals surface area contributed by atoms with Gasteiger partial charge < -0.3 is 49.6 Å². The molecule has 31 heavy (non-hydrogen) atoms. The van der Waals surface area contributed by atoms with Gasteiger partial charge in [0.15, 0.2) is 0 Å². The first-order chi connectivity index (χ1) is 13.1. The number of hydrogen-bond donors (Lipinski definition) is 0. The maximum absolute atomic E-state index is 2.73. The van der Waals surface area contributed by atoms with Crippen LogP contribution in [0.25, 0.3) is 0 Å². The fraction of sp³-hybridized carbons (Fsp3) is 1.00. The molecule has 196 valence electrons. The summed E-state index contributed by atoms with van der Waals surface area (Å²) in [6.07, 6.45) is 29.7. The van der Waals surface area contributed by atoms with Crippen LogP contribution in [-0.4, -0.2) is 0 Å². The van der Waals surface area contributed by atoms with Gasteiger partial charge in [0.05, 0.1) is 0 Å². The van der Waals surface area contributed by atoms with Gasteiger partial charge in [-0.3, -0.25) is 0 Å². The Morgan fingerprint density at radius 2 is 0.516 bits per heavy atom. The Balaban J connectivity index is -0.000000563. The molecule has 0 aliphatic heterocycles. The summed E-state index contributed by atoms with van der Waals surface area (Å²) in [6, 6.07) is 0. The van der Waals surface area contributed by atoms with Crippen molar-refractivity contribution in [2.75, 3.05) is 0 Å². The van der Waals surface area contributed by atoms with Crippen LogP contribution in [0.5, 0.6) is 0 Å². The fourth-order valence-corrected chi connectivity index (χ4v) is 12.7. The van der Waals surface area contributed by atoms with Crippen molar-refractivity contribution in [3.8, 4) is 0 Å². The zero-order valence-electron chi connectivity index (χ0n) is 21.6. The van der Waals surface area contributed by atoms with E-state index in [9.17, 15) is 0 Å². The molecule has 0 fully saturated rings. The van der Waals surface area contributed by atoms with Gasteiger partial charge in [-0.2, -0.15) is 0 Å². The topological polar surface area (TPSA) is 0 Å². The van der Waals surface area contributed by atoms with E-state index in [1.807, 2.05) is 0 Å². The van der Waals surface area contributed by atoms with Gasteiger partial charge in [0.1, 0.15) is 0 Å². The molecule has 0 bridgehead atoms. The molecule has 0 saturated heterocycles. The van der Waals surface area contributed by atoms with Gasteiger partial charge >= 0.3 is 184 Å². The van der Waals surface area contributed by atoms with Crippen LogP contribution in [0, 0.1) is 33.4 Å².